The van der Waals surface area contributed by atoms with Crippen molar-refractivity contribution in [3.63, 3.8) is 0 Å². The molecule has 1 N–H and O–H groups in total. The van der Waals surface area contributed by atoms with E-state index in [2.05, 4.69) is 15.5 Å². The summed E-state index contributed by atoms with van der Waals surface area (Å²) in [5, 5.41) is 6.54. The molecule has 0 bridgehead atoms. The van der Waals surface area contributed by atoms with E-state index in [1.165, 1.54) is 12.1 Å². The van der Waals surface area contributed by atoms with Crippen molar-refractivity contribution in [3.05, 3.63) is 71.4 Å². The van der Waals surface area contributed by atoms with Crippen LogP contribution in [0.15, 0.2) is 53.1 Å². The zero-order chi connectivity index (χ0) is 16.2. The summed E-state index contributed by atoms with van der Waals surface area (Å²) in [4.78, 5) is 16.2. The van der Waals surface area contributed by atoms with Gasteiger partial charge in [-0.05, 0) is 43.3 Å². The van der Waals surface area contributed by atoms with E-state index in [0.29, 0.717) is 17.0 Å². The monoisotopic (exact) mass is 311 g/mol. The van der Waals surface area contributed by atoms with Gasteiger partial charge in [0.15, 0.2) is 0 Å². The van der Waals surface area contributed by atoms with Crippen molar-refractivity contribution in [2.75, 3.05) is 0 Å². The smallest absolute Gasteiger partial charge is 0.251 e. The lowest BCUT2D eigenvalue weighted by atomic mass is 10.1. The molecule has 0 aliphatic carbocycles. The fraction of sp³-hybridized carbons (Fsp3) is 0.118. The second-order valence-corrected chi connectivity index (χ2v) is 5.07. The van der Waals surface area contributed by atoms with Gasteiger partial charge >= 0.3 is 0 Å². The summed E-state index contributed by atoms with van der Waals surface area (Å²) in [7, 11) is 0. The van der Waals surface area contributed by atoms with Crippen LogP contribution in [-0.4, -0.2) is 16.0 Å². The minimum atomic E-state index is -0.331. The van der Waals surface area contributed by atoms with Crippen LogP contribution in [0.5, 0.6) is 0 Å². The molecule has 0 radical (unpaired) electrons. The second-order valence-electron chi connectivity index (χ2n) is 5.07. The van der Waals surface area contributed by atoms with Crippen LogP contribution in [0.2, 0.25) is 0 Å². The molecule has 1 amide bonds. The molecule has 5 nitrogen and oxygen atoms in total. The lowest BCUT2D eigenvalue weighted by Gasteiger charge is -2.02. The number of aryl methyl sites for hydroxylation is 1. The minimum absolute atomic E-state index is 0.126. The van der Waals surface area contributed by atoms with Gasteiger partial charge in [0.1, 0.15) is 5.82 Å². The molecule has 0 saturated heterocycles. The zero-order valence-electron chi connectivity index (χ0n) is 12.4. The molecule has 1 heterocycles. The van der Waals surface area contributed by atoms with E-state index in [4.69, 9.17) is 4.52 Å². The first-order valence-electron chi connectivity index (χ1n) is 7.05. The fourth-order valence-corrected chi connectivity index (χ4v) is 2.09. The van der Waals surface area contributed by atoms with Crippen LogP contribution in [0.4, 0.5) is 4.39 Å². The van der Waals surface area contributed by atoms with Gasteiger partial charge in [-0.25, -0.2) is 4.39 Å². The molecule has 0 spiro atoms. The van der Waals surface area contributed by atoms with Crippen LogP contribution < -0.4 is 5.32 Å². The fourth-order valence-electron chi connectivity index (χ4n) is 2.09. The molecular formula is C17H14FN3O2. The summed E-state index contributed by atoms with van der Waals surface area (Å²) in [6.07, 6.45) is 0. The Morgan fingerprint density at radius 2 is 2.00 bits per heavy atom. The molecule has 3 rings (SSSR count). The van der Waals surface area contributed by atoms with Crippen LogP contribution in [-0.2, 0) is 6.54 Å². The molecule has 3 aromatic rings. The third-order valence-electron chi connectivity index (χ3n) is 3.25. The predicted molar refractivity (Wildman–Crippen MR) is 82.0 cm³/mol. The highest BCUT2D eigenvalue weighted by Gasteiger charge is 2.11. The Morgan fingerprint density at radius 3 is 2.74 bits per heavy atom. The molecule has 0 saturated carbocycles. The summed E-state index contributed by atoms with van der Waals surface area (Å²) >= 11 is 0. The largest absolute Gasteiger partial charge is 0.343 e. The molecule has 116 valence electrons. The number of hydrogen-bond donors (Lipinski definition) is 1. The van der Waals surface area contributed by atoms with E-state index in [1.807, 2.05) is 19.1 Å². The van der Waals surface area contributed by atoms with E-state index in [1.54, 1.807) is 24.3 Å². The van der Waals surface area contributed by atoms with Gasteiger partial charge in [0.05, 0.1) is 6.54 Å². The van der Waals surface area contributed by atoms with Gasteiger partial charge in [-0.1, -0.05) is 22.9 Å². The summed E-state index contributed by atoms with van der Waals surface area (Å²) in [5.74, 6) is 0.0910. The minimum Gasteiger partial charge on any atom is -0.343 e. The Morgan fingerprint density at radius 1 is 1.22 bits per heavy atom. The van der Waals surface area contributed by atoms with Gasteiger partial charge in [0.25, 0.3) is 5.91 Å². The summed E-state index contributed by atoms with van der Waals surface area (Å²) in [6.45, 7) is 2.05. The Bertz CT molecular complexity index is 828. The first-order chi connectivity index (χ1) is 11.1. The number of rotatable bonds is 4. The van der Waals surface area contributed by atoms with E-state index in [0.717, 1.165) is 5.56 Å². The molecule has 6 heteroatoms. The lowest BCUT2D eigenvalue weighted by molar-refractivity contribution is 0.0946. The molecule has 2 aromatic carbocycles. The summed E-state index contributed by atoms with van der Waals surface area (Å²) < 4.78 is 18.0. The van der Waals surface area contributed by atoms with E-state index >= 15 is 0 Å². The topological polar surface area (TPSA) is 68.0 Å². The standard InChI is InChI=1S/C17H14FN3O2/c1-11-3-2-4-13(9-11)17(22)19-10-15-20-16(21-23-15)12-5-7-14(18)8-6-12/h2-9H,10H2,1H3,(H,19,22). The third kappa shape index (κ3) is 3.60. The van der Waals surface area contributed by atoms with Crippen molar-refractivity contribution in [1.29, 1.82) is 0 Å². The van der Waals surface area contributed by atoms with Crippen LogP contribution in [0.1, 0.15) is 21.8 Å². The van der Waals surface area contributed by atoms with Gasteiger partial charge in [0.2, 0.25) is 11.7 Å². The highest BCUT2D eigenvalue weighted by molar-refractivity contribution is 5.94. The Hall–Kier alpha value is -3.02. The van der Waals surface area contributed by atoms with Gasteiger partial charge in [-0.15, -0.1) is 0 Å². The van der Waals surface area contributed by atoms with Crippen LogP contribution in [0.25, 0.3) is 11.4 Å². The summed E-state index contributed by atoms with van der Waals surface area (Å²) in [6, 6.07) is 13.1. The molecule has 1 aromatic heterocycles. The maximum Gasteiger partial charge on any atom is 0.251 e. The van der Waals surface area contributed by atoms with Gasteiger partial charge in [-0.2, -0.15) is 4.98 Å². The Labute approximate surface area is 132 Å². The highest BCUT2D eigenvalue weighted by atomic mass is 19.1. The van der Waals surface area contributed by atoms with Crippen molar-refractivity contribution in [2.24, 2.45) is 0 Å². The maximum absolute atomic E-state index is 12.9. The molecular weight excluding hydrogens is 297 g/mol. The maximum atomic E-state index is 12.9. The second kappa shape index (κ2) is 6.39. The average Bonchev–Trinajstić information content (AvgIpc) is 3.02. The number of carbonyl (C=O) groups is 1. The number of benzene rings is 2. The third-order valence-corrected chi connectivity index (χ3v) is 3.25. The SMILES string of the molecule is Cc1cccc(C(=O)NCc2nc(-c3ccc(F)cc3)no2)c1. The number of nitrogens with one attached hydrogen (secondary N) is 1. The van der Waals surface area contributed by atoms with E-state index in [-0.39, 0.29) is 24.2 Å². The number of amides is 1. The van der Waals surface area contributed by atoms with Crippen LogP contribution in [0.3, 0.4) is 0 Å². The summed E-state index contributed by atoms with van der Waals surface area (Å²) in [5.41, 5.74) is 2.23. The molecule has 23 heavy (non-hydrogen) atoms. The predicted octanol–water partition coefficient (Wildman–Crippen LogP) is 3.11. The number of nitrogens with zero attached hydrogens (tertiary/aromatic N) is 2. The molecule has 0 unspecified atom stereocenters. The average molecular weight is 311 g/mol. The highest BCUT2D eigenvalue weighted by Crippen LogP contribution is 2.16. The number of aromatic nitrogens is 2. The van der Waals surface area contributed by atoms with Crippen molar-refractivity contribution in [3.8, 4) is 11.4 Å². The van der Waals surface area contributed by atoms with Crippen molar-refractivity contribution >= 4 is 5.91 Å². The van der Waals surface area contributed by atoms with Crippen molar-refractivity contribution < 1.29 is 13.7 Å². The van der Waals surface area contributed by atoms with Crippen LogP contribution in [0, 0.1) is 12.7 Å². The van der Waals surface area contributed by atoms with E-state index < -0.39 is 0 Å². The first-order valence-corrected chi connectivity index (χ1v) is 7.05. The molecule has 0 aliphatic heterocycles. The molecule has 0 fully saturated rings. The first kappa shape index (κ1) is 14.9. The van der Waals surface area contributed by atoms with Gasteiger partial charge in [0, 0.05) is 11.1 Å². The quantitative estimate of drug-likeness (QED) is 0.804. The zero-order valence-corrected chi connectivity index (χ0v) is 12.4. The van der Waals surface area contributed by atoms with E-state index in [9.17, 15) is 9.18 Å². The molecule has 0 atom stereocenters. The van der Waals surface area contributed by atoms with Crippen molar-refractivity contribution in [2.45, 2.75) is 13.5 Å². The number of hydrogen-bond acceptors (Lipinski definition) is 4. The van der Waals surface area contributed by atoms with Crippen LogP contribution >= 0.6 is 0 Å². The normalized spacial score (nSPS) is 10.5. The van der Waals surface area contributed by atoms with Gasteiger partial charge in [-0.3, -0.25) is 4.79 Å². The Kier molecular flexibility index (Phi) is 4.14. The van der Waals surface area contributed by atoms with Crippen molar-refractivity contribution in [1.82, 2.24) is 15.5 Å². The number of halogens is 1. The number of carbonyl (C=O) groups excluding carboxylic acids is 1. The lowest BCUT2D eigenvalue weighted by Crippen LogP contribution is -2.22. The Balaban J connectivity index is 1.65. The van der Waals surface area contributed by atoms with Gasteiger partial charge < -0.3 is 9.84 Å². The molecule has 0 aliphatic rings.